The number of benzene rings is 1. The number of rotatable bonds is 1. The van der Waals surface area contributed by atoms with Crippen molar-refractivity contribution in [2.24, 2.45) is 0 Å². The van der Waals surface area contributed by atoms with Crippen LogP contribution in [0.1, 0.15) is 36.7 Å². The van der Waals surface area contributed by atoms with Gasteiger partial charge in [-0.15, -0.1) is 0 Å². The Bertz CT molecular complexity index is 378. The highest BCUT2D eigenvalue weighted by Crippen LogP contribution is 2.25. The lowest BCUT2D eigenvalue weighted by Crippen LogP contribution is -2.13. The van der Waals surface area contributed by atoms with Crippen molar-refractivity contribution in [3.8, 4) is 0 Å². The first-order valence-electron chi connectivity index (χ1n) is 4.74. The molecule has 15 heavy (non-hydrogen) atoms. The van der Waals surface area contributed by atoms with Gasteiger partial charge in [0, 0.05) is 3.57 Å². The molecular weight excluding hydrogens is 303 g/mol. The fourth-order valence-corrected chi connectivity index (χ4v) is 1.81. The van der Waals surface area contributed by atoms with Crippen LogP contribution in [0.15, 0.2) is 18.2 Å². The Morgan fingerprint density at radius 3 is 2.40 bits per heavy atom. The first kappa shape index (κ1) is 12.5. The van der Waals surface area contributed by atoms with Gasteiger partial charge in [0.25, 0.3) is 0 Å². The van der Waals surface area contributed by atoms with Crippen LogP contribution in [0.5, 0.6) is 0 Å². The Labute approximate surface area is 104 Å². The maximum Gasteiger partial charge on any atom is 0.338 e. The fraction of sp³-hybridized carbons (Fsp3) is 0.417. The largest absolute Gasteiger partial charge is 0.465 e. The molecule has 0 aromatic heterocycles. The van der Waals surface area contributed by atoms with Gasteiger partial charge in [-0.1, -0.05) is 26.8 Å². The summed E-state index contributed by atoms with van der Waals surface area (Å²) >= 11 is 2.14. The molecule has 0 aliphatic heterocycles. The van der Waals surface area contributed by atoms with E-state index < -0.39 is 0 Å². The Morgan fingerprint density at radius 2 is 1.93 bits per heavy atom. The molecule has 0 N–H and O–H groups in total. The van der Waals surface area contributed by atoms with Crippen LogP contribution in [-0.2, 0) is 10.2 Å². The zero-order valence-electron chi connectivity index (χ0n) is 9.43. The van der Waals surface area contributed by atoms with Gasteiger partial charge in [0.05, 0.1) is 12.7 Å². The highest BCUT2D eigenvalue weighted by molar-refractivity contribution is 14.1. The van der Waals surface area contributed by atoms with E-state index in [0.717, 1.165) is 9.13 Å². The standard InChI is InChI=1S/C12H15IO2/c1-12(2,3)8-5-6-10(13)9(7-8)11(14)15-4/h5-7H,1-4H3. The summed E-state index contributed by atoms with van der Waals surface area (Å²) < 4.78 is 5.66. The van der Waals surface area contributed by atoms with Gasteiger partial charge in [0.1, 0.15) is 0 Å². The molecule has 0 unspecified atom stereocenters. The summed E-state index contributed by atoms with van der Waals surface area (Å²) in [6, 6.07) is 5.91. The second-order valence-electron chi connectivity index (χ2n) is 4.44. The lowest BCUT2D eigenvalue weighted by atomic mass is 9.86. The Balaban J connectivity index is 3.23. The van der Waals surface area contributed by atoms with E-state index in [1.807, 2.05) is 18.2 Å². The van der Waals surface area contributed by atoms with Crippen molar-refractivity contribution in [1.82, 2.24) is 0 Å². The first-order chi connectivity index (χ1) is 6.86. The summed E-state index contributed by atoms with van der Waals surface area (Å²) in [6.45, 7) is 6.36. The van der Waals surface area contributed by atoms with Gasteiger partial charge in [0.2, 0.25) is 0 Å². The third-order valence-corrected chi connectivity index (χ3v) is 3.18. The van der Waals surface area contributed by atoms with Crippen LogP contribution in [0.2, 0.25) is 0 Å². The Hall–Kier alpha value is -0.580. The van der Waals surface area contributed by atoms with Crippen LogP contribution in [0.4, 0.5) is 0 Å². The topological polar surface area (TPSA) is 26.3 Å². The van der Waals surface area contributed by atoms with Crippen LogP contribution >= 0.6 is 22.6 Å². The van der Waals surface area contributed by atoms with Gasteiger partial charge in [-0.05, 0) is 45.7 Å². The van der Waals surface area contributed by atoms with E-state index in [1.165, 1.54) is 7.11 Å². The molecule has 1 rings (SSSR count). The van der Waals surface area contributed by atoms with Crippen LogP contribution in [0.25, 0.3) is 0 Å². The van der Waals surface area contributed by atoms with Crippen LogP contribution < -0.4 is 0 Å². The van der Waals surface area contributed by atoms with E-state index in [0.29, 0.717) is 5.56 Å². The second kappa shape index (κ2) is 4.51. The van der Waals surface area contributed by atoms with Crippen molar-refractivity contribution in [3.63, 3.8) is 0 Å². The van der Waals surface area contributed by atoms with Crippen molar-refractivity contribution in [2.45, 2.75) is 26.2 Å². The highest BCUT2D eigenvalue weighted by Gasteiger charge is 2.17. The molecule has 0 bridgehead atoms. The summed E-state index contributed by atoms with van der Waals surface area (Å²) in [4.78, 5) is 11.5. The molecule has 0 saturated carbocycles. The van der Waals surface area contributed by atoms with Crippen molar-refractivity contribution < 1.29 is 9.53 Å². The molecule has 2 nitrogen and oxygen atoms in total. The molecule has 82 valence electrons. The molecule has 0 amide bonds. The van der Waals surface area contributed by atoms with Gasteiger partial charge in [0.15, 0.2) is 0 Å². The van der Waals surface area contributed by atoms with Crippen molar-refractivity contribution in [3.05, 3.63) is 32.9 Å². The summed E-state index contributed by atoms with van der Waals surface area (Å²) in [7, 11) is 1.40. The van der Waals surface area contributed by atoms with Crippen LogP contribution in [0.3, 0.4) is 0 Å². The number of esters is 1. The van der Waals surface area contributed by atoms with Crippen molar-refractivity contribution >= 4 is 28.6 Å². The lowest BCUT2D eigenvalue weighted by molar-refractivity contribution is 0.0599. The summed E-state index contributed by atoms with van der Waals surface area (Å²) in [6.07, 6.45) is 0. The van der Waals surface area contributed by atoms with Gasteiger partial charge < -0.3 is 4.74 Å². The normalized spacial score (nSPS) is 11.3. The van der Waals surface area contributed by atoms with Crippen LogP contribution in [0, 0.1) is 3.57 Å². The van der Waals surface area contributed by atoms with Gasteiger partial charge in [-0.3, -0.25) is 0 Å². The molecule has 0 atom stereocenters. The smallest absolute Gasteiger partial charge is 0.338 e. The molecule has 0 fully saturated rings. The number of hydrogen-bond acceptors (Lipinski definition) is 2. The molecule has 1 aromatic rings. The number of hydrogen-bond donors (Lipinski definition) is 0. The number of ether oxygens (including phenoxy) is 1. The first-order valence-corrected chi connectivity index (χ1v) is 5.82. The molecule has 0 radical (unpaired) electrons. The van der Waals surface area contributed by atoms with Gasteiger partial charge in [-0.25, -0.2) is 4.79 Å². The lowest BCUT2D eigenvalue weighted by Gasteiger charge is -2.19. The average Bonchev–Trinajstić information content (AvgIpc) is 2.15. The van der Waals surface area contributed by atoms with Crippen LogP contribution in [-0.4, -0.2) is 13.1 Å². The predicted molar refractivity (Wildman–Crippen MR) is 69.2 cm³/mol. The maximum atomic E-state index is 11.5. The van der Waals surface area contributed by atoms with Crippen molar-refractivity contribution in [1.29, 1.82) is 0 Å². The van der Waals surface area contributed by atoms with Gasteiger partial charge >= 0.3 is 5.97 Å². The number of methoxy groups -OCH3 is 1. The van der Waals surface area contributed by atoms with E-state index in [2.05, 4.69) is 43.4 Å². The van der Waals surface area contributed by atoms with E-state index in [4.69, 9.17) is 4.74 Å². The Kier molecular flexibility index (Phi) is 3.76. The fourth-order valence-electron chi connectivity index (χ4n) is 1.26. The zero-order chi connectivity index (χ0) is 11.6. The predicted octanol–water partition coefficient (Wildman–Crippen LogP) is 3.38. The molecule has 3 heteroatoms. The molecule has 0 heterocycles. The number of carbonyl (C=O) groups is 1. The third-order valence-electron chi connectivity index (χ3n) is 2.24. The summed E-state index contributed by atoms with van der Waals surface area (Å²) in [5, 5.41) is 0. The zero-order valence-corrected chi connectivity index (χ0v) is 11.6. The minimum absolute atomic E-state index is 0.0487. The summed E-state index contributed by atoms with van der Waals surface area (Å²) in [5.41, 5.74) is 1.83. The number of halogens is 1. The molecule has 0 aliphatic rings. The van der Waals surface area contributed by atoms with Crippen molar-refractivity contribution in [2.75, 3.05) is 7.11 Å². The molecule has 0 spiro atoms. The minimum Gasteiger partial charge on any atom is -0.465 e. The molecule has 1 aromatic carbocycles. The van der Waals surface area contributed by atoms with E-state index in [-0.39, 0.29) is 11.4 Å². The highest BCUT2D eigenvalue weighted by atomic mass is 127. The number of carbonyl (C=O) groups excluding carboxylic acids is 1. The van der Waals surface area contributed by atoms with E-state index >= 15 is 0 Å². The minimum atomic E-state index is -0.273. The molecule has 0 aliphatic carbocycles. The maximum absolute atomic E-state index is 11.5. The summed E-state index contributed by atoms with van der Waals surface area (Å²) in [5.74, 6) is -0.273. The van der Waals surface area contributed by atoms with E-state index in [1.54, 1.807) is 0 Å². The SMILES string of the molecule is COC(=O)c1cc(C(C)(C)C)ccc1I. The molecular formula is C12H15IO2. The van der Waals surface area contributed by atoms with Gasteiger partial charge in [-0.2, -0.15) is 0 Å². The molecule has 0 saturated heterocycles. The monoisotopic (exact) mass is 318 g/mol. The Morgan fingerprint density at radius 1 is 1.33 bits per heavy atom. The van der Waals surface area contributed by atoms with E-state index in [9.17, 15) is 4.79 Å². The second-order valence-corrected chi connectivity index (χ2v) is 5.60. The quantitative estimate of drug-likeness (QED) is 0.586. The average molecular weight is 318 g/mol. The third kappa shape index (κ3) is 2.93.